The number of allylic oxidation sites excluding steroid dienone is 2. The van der Waals surface area contributed by atoms with Crippen LogP contribution in [0, 0.1) is 29.1 Å². The zero-order valence-electron chi connectivity index (χ0n) is 25.6. The summed E-state index contributed by atoms with van der Waals surface area (Å²) in [5.41, 5.74) is 0.595. The van der Waals surface area contributed by atoms with Crippen LogP contribution in [-0.4, -0.2) is 51.3 Å². The molecule has 0 unspecified atom stereocenters. The maximum absolute atomic E-state index is 14.5. The van der Waals surface area contributed by atoms with Crippen LogP contribution < -0.4 is 4.90 Å². The molecule has 1 saturated carbocycles. The third-order valence-corrected chi connectivity index (χ3v) is 10.9. The number of rotatable bonds is 8. The van der Waals surface area contributed by atoms with E-state index in [1.807, 2.05) is 55.5 Å². The SMILES string of the molecule is C[C@@]12C(=O)N(c3ccccc3)C(=O)[C@@H]1C[C@@H]1C(=CC[C@@H]3C(=O)N(CCCCCC(=O)O)C(=O)[C@@H]31)[C@@H]2c1ccc2ccccc2c1O. The van der Waals surface area contributed by atoms with E-state index in [4.69, 9.17) is 5.11 Å². The van der Waals surface area contributed by atoms with Gasteiger partial charge in [0, 0.05) is 29.8 Å². The number of carboxylic acids is 1. The third-order valence-electron chi connectivity index (χ3n) is 10.9. The quantitative estimate of drug-likeness (QED) is 0.195. The summed E-state index contributed by atoms with van der Waals surface area (Å²) in [7, 11) is 0. The van der Waals surface area contributed by atoms with Crippen molar-refractivity contribution in [2.45, 2.75) is 51.4 Å². The van der Waals surface area contributed by atoms with Gasteiger partial charge in [-0.15, -0.1) is 0 Å². The molecule has 2 heterocycles. The summed E-state index contributed by atoms with van der Waals surface area (Å²) >= 11 is 0. The lowest BCUT2D eigenvalue weighted by Gasteiger charge is -2.49. The molecule has 6 atom stereocenters. The number of anilines is 1. The van der Waals surface area contributed by atoms with Gasteiger partial charge in [-0.3, -0.25) is 28.9 Å². The highest BCUT2D eigenvalue weighted by atomic mass is 16.4. The Morgan fingerprint density at radius 2 is 1.61 bits per heavy atom. The molecule has 4 aliphatic rings. The van der Waals surface area contributed by atoms with Crippen molar-refractivity contribution in [2.24, 2.45) is 29.1 Å². The summed E-state index contributed by atoms with van der Waals surface area (Å²) in [6, 6.07) is 20.0. The number of likely N-dealkylation sites (tertiary alicyclic amines) is 1. The topological polar surface area (TPSA) is 132 Å². The number of para-hydroxylation sites is 1. The minimum atomic E-state index is -1.24. The van der Waals surface area contributed by atoms with E-state index in [0.29, 0.717) is 42.3 Å². The maximum atomic E-state index is 14.5. The number of amides is 4. The van der Waals surface area contributed by atoms with Crippen LogP contribution in [0.4, 0.5) is 5.69 Å². The van der Waals surface area contributed by atoms with Crippen molar-refractivity contribution >= 4 is 46.1 Å². The largest absolute Gasteiger partial charge is 0.507 e. The van der Waals surface area contributed by atoms with Crippen molar-refractivity contribution in [3.8, 4) is 5.75 Å². The highest BCUT2D eigenvalue weighted by molar-refractivity contribution is 6.24. The summed E-state index contributed by atoms with van der Waals surface area (Å²) in [5, 5.41) is 22.2. The Hall–Kier alpha value is -4.79. The Kier molecular flexibility index (Phi) is 7.30. The molecule has 46 heavy (non-hydrogen) atoms. The van der Waals surface area contributed by atoms with Crippen LogP contribution in [0.2, 0.25) is 0 Å². The number of benzene rings is 3. The van der Waals surface area contributed by atoms with Crippen LogP contribution in [-0.2, 0) is 24.0 Å². The molecule has 0 bridgehead atoms. The first kappa shape index (κ1) is 29.9. The van der Waals surface area contributed by atoms with Gasteiger partial charge in [-0.2, -0.15) is 0 Å². The van der Waals surface area contributed by atoms with E-state index in [-0.39, 0.29) is 48.8 Å². The lowest BCUT2D eigenvalue weighted by Crippen LogP contribution is -2.48. The molecule has 3 aromatic carbocycles. The van der Waals surface area contributed by atoms with Gasteiger partial charge < -0.3 is 10.2 Å². The van der Waals surface area contributed by atoms with E-state index in [1.165, 1.54) is 9.80 Å². The smallest absolute Gasteiger partial charge is 0.303 e. The molecule has 7 rings (SSSR count). The van der Waals surface area contributed by atoms with Crippen LogP contribution in [0.3, 0.4) is 0 Å². The third kappa shape index (κ3) is 4.39. The van der Waals surface area contributed by atoms with Gasteiger partial charge in [-0.1, -0.05) is 72.7 Å². The second kappa shape index (κ2) is 11.2. The van der Waals surface area contributed by atoms with E-state index >= 15 is 0 Å². The van der Waals surface area contributed by atoms with Gasteiger partial charge in [0.1, 0.15) is 5.75 Å². The van der Waals surface area contributed by atoms with Crippen molar-refractivity contribution in [3.63, 3.8) is 0 Å². The second-order valence-corrected chi connectivity index (χ2v) is 13.3. The summed E-state index contributed by atoms with van der Waals surface area (Å²) in [6.07, 6.45) is 4.16. The molecule has 0 aromatic heterocycles. The number of aromatic hydroxyl groups is 1. The zero-order chi connectivity index (χ0) is 32.3. The minimum absolute atomic E-state index is 0.0401. The highest BCUT2D eigenvalue weighted by Crippen LogP contribution is 2.64. The van der Waals surface area contributed by atoms with Gasteiger partial charge in [-0.05, 0) is 56.0 Å². The molecule has 2 aliphatic carbocycles. The molecule has 9 heteroatoms. The van der Waals surface area contributed by atoms with Crippen LogP contribution >= 0.6 is 0 Å². The summed E-state index contributed by atoms with van der Waals surface area (Å²) in [5.74, 6) is -5.18. The Balaban J connectivity index is 1.31. The van der Waals surface area contributed by atoms with Gasteiger partial charge >= 0.3 is 5.97 Å². The molecular formula is C37H36N2O7. The molecule has 236 valence electrons. The molecule has 2 aliphatic heterocycles. The predicted octanol–water partition coefficient (Wildman–Crippen LogP) is 5.42. The number of carbonyl (C=O) groups excluding carboxylic acids is 4. The van der Waals surface area contributed by atoms with Crippen LogP contribution in [0.15, 0.2) is 78.4 Å². The molecule has 0 radical (unpaired) electrons. The van der Waals surface area contributed by atoms with Crippen molar-refractivity contribution in [2.75, 3.05) is 11.4 Å². The Morgan fingerprint density at radius 3 is 2.37 bits per heavy atom. The Labute approximate surface area is 266 Å². The number of hydrogen-bond donors (Lipinski definition) is 2. The number of carbonyl (C=O) groups is 5. The number of imide groups is 2. The van der Waals surface area contributed by atoms with Gasteiger partial charge in [0.15, 0.2) is 0 Å². The van der Waals surface area contributed by atoms with Crippen LogP contribution in [0.5, 0.6) is 5.75 Å². The second-order valence-electron chi connectivity index (χ2n) is 13.3. The fourth-order valence-corrected chi connectivity index (χ4v) is 8.70. The number of unbranched alkanes of at least 4 members (excludes halogenated alkanes) is 2. The monoisotopic (exact) mass is 620 g/mol. The first-order valence-corrected chi connectivity index (χ1v) is 16.1. The van der Waals surface area contributed by atoms with E-state index in [9.17, 15) is 29.1 Å². The van der Waals surface area contributed by atoms with Crippen molar-refractivity contribution < 1.29 is 34.2 Å². The minimum Gasteiger partial charge on any atom is -0.507 e. The zero-order valence-corrected chi connectivity index (χ0v) is 25.6. The highest BCUT2D eigenvalue weighted by Gasteiger charge is 2.67. The van der Waals surface area contributed by atoms with Crippen molar-refractivity contribution in [1.29, 1.82) is 0 Å². The number of phenolic OH excluding ortho intramolecular Hbond substituents is 1. The van der Waals surface area contributed by atoms with E-state index in [1.54, 1.807) is 24.3 Å². The lowest BCUT2D eigenvalue weighted by atomic mass is 9.51. The van der Waals surface area contributed by atoms with Crippen molar-refractivity contribution in [1.82, 2.24) is 4.90 Å². The first-order chi connectivity index (χ1) is 22.1. The van der Waals surface area contributed by atoms with Gasteiger partial charge in [-0.25, -0.2) is 4.90 Å². The number of carboxylic acid groups (broad SMARTS) is 1. The number of fused-ring (bicyclic) bond motifs is 5. The molecule has 4 amide bonds. The molecule has 3 aromatic rings. The van der Waals surface area contributed by atoms with Gasteiger partial charge in [0.25, 0.3) is 0 Å². The normalized spacial score (nSPS) is 28.7. The standard InChI is InChI=1S/C37H36N2O7/c1-37-28(34(44)39(36(37)46)22-11-4-2-5-12-22)20-27-24(31(37)26-16-15-21-10-7-8-13-23(21)32(26)42)17-18-25-30(27)35(45)38(33(25)43)19-9-3-6-14-29(40)41/h2,4-5,7-8,10-13,15-17,25,27-28,30-31,42H,3,6,9,14,18-20H2,1H3,(H,40,41)/t25-,27+,28-,30-,31+,37+/m0/s1. The maximum Gasteiger partial charge on any atom is 0.303 e. The summed E-state index contributed by atoms with van der Waals surface area (Å²) in [6.45, 7) is 2.04. The average Bonchev–Trinajstić information content (AvgIpc) is 3.41. The average molecular weight is 621 g/mol. The summed E-state index contributed by atoms with van der Waals surface area (Å²) in [4.78, 5) is 69.9. The Bertz CT molecular complexity index is 1820. The molecule has 0 spiro atoms. The van der Waals surface area contributed by atoms with Crippen LogP contribution in [0.25, 0.3) is 10.8 Å². The molecule has 3 fully saturated rings. The fourth-order valence-electron chi connectivity index (χ4n) is 8.70. The number of aliphatic carboxylic acids is 1. The fraction of sp³-hybridized carbons (Fsp3) is 0.378. The summed E-state index contributed by atoms with van der Waals surface area (Å²) < 4.78 is 0. The molecule has 2 N–H and O–H groups in total. The van der Waals surface area contributed by atoms with Gasteiger partial charge in [0.05, 0.1) is 28.9 Å². The Morgan fingerprint density at radius 1 is 0.870 bits per heavy atom. The van der Waals surface area contributed by atoms with E-state index in [2.05, 4.69) is 0 Å². The molecule has 2 saturated heterocycles. The van der Waals surface area contributed by atoms with Crippen molar-refractivity contribution in [3.05, 3.63) is 83.9 Å². The lowest BCUT2D eigenvalue weighted by molar-refractivity contribution is -0.141. The first-order valence-electron chi connectivity index (χ1n) is 16.1. The molecule has 9 nitrogen and oxygen atoms in total. The van der Waals surface area contributed by atoms with Crippen LogP contribution in [0.1, 0.15) is 56.9 Å². The molecular weight excluding hydrogens is 584 g/mol. The van der Waals surface area contributed by atoms with E-state index < -0.39 is 41.0 Å². The number of nitrogens with zero attached hydrogens (tertiary/aromatic N) is 2. The number of phenols is 1. The van der Waals surface area contributed by atoms with Gasteiger partial charge in [0.2, 0.25) is 23.6 Å². The predicted molar refractivity (Wildman–Crippen MR) is 169 cm³/mol. The number of hydrogen-bond acceptors (Lipinski definition) is 6. The van der Waals surface area contributed by atoms with E-state index in [0.717, 1.165) is 11.0 Å².